The maximum Gasteiger partial charge on any atom is 0.272 e. The normalized spacial score (nSPS) is 16.4. The minimum Gasteiger partial charge on any atom is -0.486 e. The molecule has 1 aliphatic heterocycles. The smallest absolute Gasteiger partial charge is 0.272 e. The molecule has 3 heterocycles. The van der Waals surface area contributed by atoms with E-state index in [1.807, 2.05) is 54.0 Å². The van der Waals surface area contributed by atoms with Gasteiger partial charge in [0.1, 0.15) is 17.5 Å². The third-order valence-electron chi connectivity index (χ3n) is 5.75. The highest BCUT2D eigenvalue weighted by molar-refractivity contribution is 5.94. The lowest BCUT2D eigenvalue weighted by molar-refractivity contribution is 0.0168. The zero-order valence-corrected chi connectivity index (χ0v) is 17.1. The summed E-state index contributed by atoms with van der Waals surface area (Å²) < 4.78 is 9.43. The number of nitrogens with zero attached hydrogens (tertiary/aromatic N) is 4. The Morgan fingerprint density at radius 3 is 2.50 bits per heavy atom. The number of pyridine rings is 1. The Balaban J connectivity index is 1.24. The van der Waals surface area contributed by atoms with E-state index in [2.05, 4.69) is 5.10 Å². The molecular formula is C23H24N4O3. The third-order valence-corrected chi connectivity index (χ3v) is 5.75. The van der Waals surface area contributed by atoms with Crippen LogP contribution in [0, 0.1) is 6.92 Å². The average molecular weight is 404 g/mol. The van der Waals surface area contributed by atoms with Crippen molar-refractivity contribution in [1.82, 2.24) is 19.2 Å². The molecule has 0 N–H and O–H groups in total. The maximum absolute atomic E-state index is 12.9. The molecular weight excluding hydrogens is 380 g/mol. The lowest BCUT2D eigenvalue weighted by Gasteiger charge is -2.38. The number of rotatable bonds is 5. The molecule has 1 saturated heterocycles. The van der Waals surface area contributed by atoms with Gasteiger partial charge in [-0.3, -0.25) is 14.3 Å². The molecule has 3 aromatic rings. The van der Waals surface area contributed by atoms with Gasteiger partial charge in [-0.15, -0.1) is 0 Å². The highest BCUT2D eigenvalue weighted by Crippen LogP contribution is 2.35. The van der Waals surface area contributed by atoms with Crippen molar-refractivity contribution in [3.8, 4) is 17.0 Å². The van der Waals surface area contributed by atoms with Gasteiger partial charge in [-0.2, -0.15) is 5.10 Å². The second-order valence-corrected chi connectivity index (χ2v) is 8.13. The van der Waals surface area contributed by atoms with Crippen LogP contribution < -0.4 is 10.3 Å². The first kappa shape index (κ1) is 18.7. The molecule has 0 bridgehead atoms. The molecule has 2 aromatic heterocycles. The fourth-order valence-electron chi connectivity index (χ4n) is 4.00. The number of amides is 1. The first-order valence-corrected chi connectivity index (χ1v) is 10.3. The van der Waals surface area contributed by atoms with E-state index in [1.54, 1.807) is 22.7 Å². The molecule has 154 valence electrons. The topological polar surface area (TPSA) is 69.4 Å². The van der Waals surface area contributed by atoms with Crippen LogP contribution in [0.15, 0.2) is 53.3 Å². The third kappa shape index (κ3) is 3.40. The van der Waals surface area contributed by atoms with Gasteiger partial charge in [0.05, 0.1) is 18.8 Å². The Morgan fingerprint density at radius 1 is 1.10 bits per heavy atom. The summed E-state index contributed by atoms with van der Waals surface area (Å²) in [5, 5.41) is 4.48. The summed E-state index contributed by atoms with van der Waals surface area (Å²) in [5.41, 5.74) is 3.23. The van der Waals surface area contributed by atoms with Gasteiger partial charge in [-0.05, 0) is 31.9 Å². The van der Waals surface area contributed by atoms with E-state index in [0.717, 1.165) is 29.8 Å². The van der Waals surface area contributed by atoms with Crippen molar-refractivity contribution < 1.29 is 9.53 Å². The quantitative estimate of drug-likeness (QED) is 0.656. The van der Waals surface area contributed by atoms with E-state index in [0.29, 0.717) is 30.6 Å². The lowest BCUT2D eigenvalue weighted by atomic mass is 10.1. The van der Waals surface area contributed by atoms with Crippen LogP contribution in [0.1, 0.15) is 35.1 Å². The average Bonchev–Trinajstić information content (AvgIpc) is 3.44. The Hall–Kier alpha value is -3.35. The number of carbonyl (C=O) groups excluding carboxylic acids is 1. The van der Waals surface area contributed by atoms with Crippen molar-refractivity contribution in [2.75, 3.05) is 13.1 Å². The van der Waals surface area contributed by atoms with Crippen molar-refractivity contribution >= 4 is 5.91 Å². The van der Waals surface area contributed by atoms with Crippen LogP contribution in [0.2, 0.25) is 0 Å². The van der Waals surface area contributed by atoms with E-state index >= 15 is 0 Å². The van der Waals surface area contributed by atoms with E-state index in [4.69, 9.17) is 4.74 Å². The lowest BCUT2D eigenvalue weighted by Crippen LogP contribution is -2.56. The fourth-order valence-corrected chi connectivity index (χ4v) is 4.00. The summed E-state index contributed by atoms with van der Waals surface area (Å²) in [6.07, 6.45) is 2.03. The Kier molecular flexibility index (Phi) is 4.46. The van der Waals surface area contributed by atoms with Crippen LogP contribution in [0.25, 0.3) is 11.3 Å². The van der Waals surface area contributed by atoms with E-state index in [9.17, 15) is 9.59 Å². The minimum atomic E-state index is -0.105. The molecule has 1 amide bonds. The number of aryl methyl sites for hydroxylation is 2. The molecule has 0 spiro atoms. The van der Waals surface area contributed by atoms with Crippen molar-refractivity contribution in [2.45, 2.75) is 31.9 Å². The SMILES string of the molecule is Cc1cc(OC2CN(C(=O)c3cc(-c4ccccc4)nn3C)C2)cc(=O)n1C1CC1. The van der Waals surface area contributed by atoms with Gasteiger partial charge in [0, 0.05) is 30.4 Å². The fraction of sp³-hybridized carbons (Fsp3) is 0.348. The molecule has 0 radical (unpaired) electrons. The summed E-state index contributed by atoms with van der Waals surface area (Å²) in [5.74, 6) is 0.519. The monoisotopic (exact) mass is 404 g/mol. The molecule has 1 saturated carbocycles. The highest BCUT2D eigenvalue weighted by Gasteiger charge is 2.34. The largest absolute Gasteiger partial charge is 0.486 e. The van der Waals surface area contributed by atoms with E-state index < -0.39 is 0 Å². The molecule has 7 heteroatoms. The maximum atomic E-state index is 12.9. The van der Waals surface area contributed by atoms with Gasteiger partial charge in [-0.25, -0.2) is 0 Å². The molecule has 1 aliphatic carbocycles. The standard InChI is InChI=1S/C23H24N4O3/c1-15-10-18(11-22(28)27(15)17-8-9-17)30-19-13-26(14-19)23(29)21-12-20(24-25(21)2)16-6-4-3-5-7-16/h3-7,10-12,17,19H,8-9,13-14H2,1-2H3. The van der Waals surface area contributed by atoms with Crippen molar-refractivity contribution in [1.29, 1.82) is 0 Å². The second-order valence-electron chi connectivity index (χ2n) is 8.13. The number of carbonyl (C=O) groups is 1. The van der Waals surface area contributed by atoms with Crippen LogP contribution in [0.3, 0.4) is 0 Å². The summed E-state index contributed by atoms with van der Waals surface area (Å²) in [6, 6.07) is 15.5. The second kappa shape index (κ2) is 7.16. The van der Waals surface area contributed by atoms with Crippen LogP contribution in [-0.2, 0) is 7.05 Å². The predicted octanol–water partition coefficient (Wildman–Crippen LogP) is 2.80. The zero-order chi connectivity index (χ0) is 20.8. The van der Waals surface area contributed by atoms with Gasteiger partial charge in [-0.1, -0.05) is 30.3 Å². The predicted molar refractivity (Wildman–Crippen MR) is 113 cm³/mol. The van der Waals surface area contributed by atoms with Gasteiger partial charge in [0.2, 0.25) is 0 Å². The molecule has 7 nitrogen and oxygen atoms in total. The first-order valence-electron chi connectivity index (χ1n) is 10.3. The molecule has 2 aliphatic rings. The van der Waals surface area contributed by atoms with Gasteiger partial charge in [0.25, 0.3) is 11.5 Å². The number of aromatic nitrogens is 3. The number of benzene rings is 1. The van der Waals surface area contributed by atoms with Crippen LogP contribution in [0.4, 0.5) is 0 Å². The van der Waals surface area contributed by atoms with Crippen molar-refractivity contribution in [3.63, 3.8) is 0 Å². The molecule has 0 atom stereocenters. The molecule has 30 heavy (non-hydrogen) atoms. The summed E-state index contributed by atoms with van der Waals surface area (Å²) in [7, 11) is 1.78. The Labute approximate surface area is 174 Å². The molecule has 5 rings (SSSR count). The van der Waals surface area contributed by atoms with Crippen LogP contribution in [0.5, 0.6) is 5.75 Å². The van der Waals surface area contributed by atoms with Crippen LogP contribution in [-0.4, -0.2) is 44.3 Å². The molecule has 1 aromatic carbocycles. The number of hydrogen-bond acceptors (Lipinski definition) is 4. The highest BCUT2D eigenvalue weighted by atomic mass is 16.5. The Morgan fingerprint density at radius 2 is 1.83 bits per heavy atom. The molecule has 2 fully saturated rings. The van der Waals surface area contributed by atoms with Crippen molar-refractivity contribution in [3.05, 3.63) is 70.3 Å². The number of hydrogen-bond donors (Lipinski definition) is 0. The first-order chi connectivity index (χ1) is 14.5. The summed E-state index contributed by atoms with van der Waals surface area (Å²) >= 11 is 0. The van der Waals surface area contributed by atoms with E-state index in [1.165, 1.54) is 0 Å². The summed E-state index contributed by atoms with van der Waals surface area (Å²) in [4.78, 5) is 27.0. The van der Waals surface area contributed by atoms with Gasteiger partial charge in [0.15, 0.2) is 0 Å². The number of ether oxygens (including phenoxy) is 1. The van der Waals surface area contributed by atoms with Crippen molar-refractivity contribution in [2.24, 2.45) is 7.05 Å². The molecule has 0 unspecified atom stereocenters. The van der Waals surface area contributed by atoms with Gasteiger partial charge < -0.3 is 14.2 Å². The minimum absolute atomic E-state index is 0.0110. The van der Waals surface area contributed by atoms with Crippen LogP contribution >= 0.6 is 0 Å². The zero-order valence-electron chi connectivity index (χ0n) is 17.1. The summed E-state index contributed by atoms with van der Waals surface area (Å²) in [6.45, 7) is 2.93. The van der Waals surface area contributed by atoms with E-state index in [-0.39, 0.29) is 17.6 Å². The number of likely N-dealkylation sites (tertiary alicyclic amines) is 1. The Bertz CT molecular complexity index is 1150. The van der Waals surface area contributed by atoms with Gasteiger partial charge >= 0.3 is 0 Å².